The number of benzene rings is 2. The van der Waals surface area contributed by atoms with Crippen molar-refractivity contribution >= 4 is 22.8 Å². The molecule has 3 heterocycles. The number of hydrogen-bond donors (Lipinski definition) is 4. The number of piperidine rings is 1. The van der Waals surface area contributed by atoms with Gasteiger partial charge in [-0.15, -0.1) is 0 Å². The second kappa shape index (κ2) is 12.2. The number of amides is 1. The van der Waals surface area contributed by atoms with Gasteiger partial charge in [-0.05, 0) is 37.6 Å². The first kappa shape index (κ1) is 25.9. The summed E-state index contributed by atoms with van der Waals surface area (Å²) in [6.07, 6.45) is 2.01. The molecule has 1 aliphatic heterocycles. The standard InChI is InChI=1S/C30H36N6O2/c1-20(22-9-5-3-6-10-22)27(38-24-13-15-31-16-14-24)26-19-25-29(33-18-17-32-21(2)37)35-28(36-30(25)34-26)23-11-7-4-8-12-23/h3-12,19-20,24,27,31H,13-18H2,1-2H3,(H,32,37)(H2,33,34,35,36). The van der Waals surface area contributed by atoms with E-state index < -0.39 is 0 Å². The number of carbonyl (C=O) groups excluding carboxylic acids is 1. The van der Waals surface area contributed by atoms with Gasteiger partial charge in [-0.1, -0.05) is 67.6 Å². The van der Waals surface area contributed by atoms with Crippen LogP contribution in [-0.4, -0.2) is 53.1 Å². The summed E-state index contributed by atoms with van der Waals surface area (Å²) < 4.78 is 6.82. The van der Waals surface area contributed by atoms with Crippen molar-refractivity contribution in [3.63, 3.8) is 0 Å². The van der Waals surface area contributed by atoms with Crippen molar-refractivity contribution in [2.45, 2.75) is 44.8 Å². The van der Waals surface area contributed by atoms with Crippen LogP contribution in [-0.2, 0) is 9.53 Å². The van der Waals surface area contributed by atoms with Crippen LogP contribution in [0.2, 0.25) is 0 Å². The number of fused-ring (bicyclic) bond motifs is 1. The number of hydrogen-bond acceptors (Lipinski definition) is 6. The van der Waals surface area contributed by atoms with E-state index in [4.69, 9.17) is 14.7 Å². The molecule has 0 saturated carbocycles. The summed E-state index contributed by atoms with van der Waals surface area (Å²) in [5.74, 6) is 1.45. The molecular formula is C30H36N6O2. The number of ether oxygens (including phenoxy) is 1. The predicted octanol–water partition coefficient (Wildman–Crippen LogP) is 4.79. The molecule has 0 spiro atoms. The predicted molar refractivity (Wildman–Crippen MR) is 151 cm³/mol. The van der Waals surface area contributed by atoms with E-state index in [1.165, 1.54) is 12.5 Å². The highest BCUT2D eigenvalue weighted by Crippen LogP contribution is 2.38. The quantitative estimate of drug-likeness (QED) is 0.228. The molecule has 0 bridgehead atoms. The lowest BCUT2D eigenvalue weighted by atomic mass is 9.92. The molecule has 5 rings (SSSR count). The Morgan fingerprint density at radius 1 is 1.03 bits per heavy atom. The van der Waals surface area contributed by atoms with Gasteiger partial charge in [0.05, 0.1) is 11.5 Å². The van der Waals surface area contributed by atoms with Gasteiger partial charge < -0.3 is 25.7 Å². The summed E-state index contributed by atoms with van der Waals surface area (Å²) in [6, 6.07) is 22.6. The van der Waals surface area contributed by atoms with Crippen LogP contribution in [0.1, 0.15) is 50.0 Å². The molecule has 198 valence electrons. The molecule has 8 nitrogen and oxygen atoms in total. The van der Waals surface area contributed by atoms with Crippen LogP contribution in [0.4, 0.5) is 5.82 Å². The summed E-state index contributed by atoms with van der Waals surface area (Å²) in [4.78, 5) is 24.7. The molecule has 1 fully saturated rings. The number of anilines is 1. The van der Waals surface area contributed by atoms with Crippen LogP contribution in [0.15, 0.2) is 66.7 Å². The molecule has 2 unspecified atom stereocenters. The van der Waals surface area contributed by atoms with Gasteiger partial charge in [0.2, 0.25) is 5.91 Å². The zero-order valence-corrected chi connectivity index (χ0v) is 22.0. The number of H-pyrrole nitrogens is 1. The van der Waals surface area contributed by atoms with Gasteiger partial charge in [0.1, 0.15) is 17.6 Å². The van der Waals surface area contributed by atoms with E-state index in [0.717, 1.165) is 54.0 Å². The Morgan fingerprint density at radius 2 is 1.74 bits per heavy atom. The number of nitrogens with zero attached hydrogens (tertiary/aromatic N) is 2. The average molecular weight is 513 g/mol. The molecule has 1 aliphatic rings. The second-order valence-electron chi connectivity index (χ2n) is 9.86. The van der Waals surface area contributed by atoms with Crippen molar-refractivity contribution in [2.75, 3.05) is 31.5 Å². The molecular weight excluding hydrogens is 476 g/mol. The van der Waals surface area contributed by atoms with Gasteiger partial charge in [0.15, 0.2) is 5.82 Å². The van der Waals surface area contributed by atoms with Gasteiger partial charge in [-0.25, -0.2) is 9.97 Å². The Balaban J connectivity index is 1.53. The molecule has 2 atom stereocenters. The number of nitrogens with one attached hydrogen (secondary N) is 4. The molecule has 0 aliphatic carbocycles. The second-order valence-corrected chi connectivity index (χ2v) is 9.86. The van der Waals surface area contributed by atoms with Crippen molar-refractivity contribution in [1.82, 2.24) is 25.6 Å². The fourth-order valence-electron chi connectivity index (χ4n) is 4.98. The number of aromatic nitrogens is 3. The maximum atomic E-state index is 11.3. The first-order valence-corrected chi connectivity index (χ1v) is 13.4. The number of aromatic amines is 1. The van der Waals surface area contributed by atoms with E-state index in [9.17, 15) is 4.79 Å². The van der Waals surface area contributed by atoms with Crippen LogP contribution < -0.4 is 16.0 Å². The van der Waals surface area contributed by atoms with Gasteiger partial charge in [0.25, 0.3) is 0 Å². The van der Waals surface area contributed by atoms with E-state index in [1.807, 2.05) is 36.4 Å². The molecule has 38 heavy (non-hydrogen) atoms. The van der Waals surface area contributed by atoms with Gasteiger partial charge >= 0.3 is 0 Å². The highest BCUT2D eigenvalue weighted by atomic mass is 16.5. The van der Waals surface area contributed by atoms with E-state index in [0.29, 0.717) is 18.9 Å². The van der Waals surface area contributed by atoms with E-state index >= 15 is 0 Å². The molecule has 4 N–H and O–H groups in total. The molecule has 8 heteroatoms. The van der Waals surface area contributed by atoms with Crippen LogP contribution in [0, 0.1) is 0 Å². The smallest absolute Gasteiger partial charge is 0.216 e. The van der Waals surface area contributed by atoms with E-state index in [2.05, 4.69) is 58.2 Å². The Morgan fingerprint density at radius 3 is 2.45 bits per heavy atom. The van der Waals surface area contributed by atoms with Crippen molar-refractivity contribution in [2.24, 2.45) is 0 Å². The monoisotopic (exact) mass is 512 g/mol. The van der Waals surface area contributed by atoms with Crippen LogP contribution in [0.25, 0.3) is 22.4 Å². The molecule has 2 aromatic carbocycles. The Hall–Kier alpha value is -3.75. The van der Waals surface area contributed by atoms with Crippen molar-refractivity contribution in [3.8, 4) is 11.4 Å². The Labute approximate surface area is 223 Å². The zero-order chi connectivity index (χ0) is 26.3. The number of rotatable bonds is 10. The molecule has 1 amide bonds. The third-order valence-electron chi connectivity index (χ3n) is 7.04. The number of carbonyl (C=O) groups is 1. The fraction of sp³-hybridized carbons (Fsp3) is 0.367. The topological polar surface area (TPSA) is 104 Å². The van der Waals surface area contributed by atoms with Crippen LogP contribution in [0.5, 0.6) is 0 Å². The first-order chi connectivity index (χ1) is 18.6. The third-order valence-corrected chi connectivity index (χ3v) is 7.04. The van der Waals surface area contributed by atoms with Crippen molar-refractivity contribution in [1.29, 1.82) is 0 Å². The summed E-state index contributed by atoms with van der Waals surface area (Å²) >= 11 is 0. The zero-order valence-electron chi connectivity index (χ0n) is 22.0. The summed E-state index contributed by atoms with van der Waals surface area (Å²) in [5.41, 5.74) is 3.92. The minimum Gasteiger partial charge on any atom is -0.368 e. The molecule has 1 saturated heterocycles. The minimum atomic E-state index is -0.165. The lowest BCUT2D eigenvalue weighted by molar-refractivity contribution is -0.118. The van der Waals surface area contributed by atoms with E-state index in [-0.39, 0.29) is 24.0 Å². The minimum absolute atomic E-state index is 0.0543. The fourth-order valence-corrected chi connectivity index (χ4v) is 4.98. The Bertz CT molecular complexity index is 1340. The normalized spacial score (nSPS) is 15.7. The largest absolute Gasteiger partial charge is 0.368 e. The lowest BCUT2D eigenvalue weighted by Gasteiger charge is -2.31. The third kappa shape index (κ3) is 6.20. The average Bonchev–Trinajstić information content (AvgIpc) is 3.39. The first-order valence-electron chi connectivity index (χ1n) is 13.4. The maximum Gasteiger partial charge on any atom is 0.216 e. The summed E-state index contributed by atoms with van der Waals surface area (Å²) in [6.45, 7) is 6.74. The maximum absolute atomic E-state index is 11.3. The van der Waals surface area contributed by atoms with Gasteiger partial charge in [-0.3, -0.25) is 4.79 Å². The highest BCUT2D eigenvalue weighted by Gasteiger charge is 2.28. The molecule has 4 aromatic rings. The van der Waals surface area contributed by atoms with Gasteiger partial charge in [-0.2, -0.15) is 0 Å². The summed E-state index contributed by atoms with van der Waals surface area (Å²) in [5, 5.41) is 10.6. The van der Waals surface area contributed by atoms with Crippen molar-refractivity contribution in [3.05, 3.63) is 78.0 Å². The summed E-state index contributed by atoms with van der Waals surface area (Å²) in [7, 11) is 0. The lowest BCUT2D eigenvalue weighted by Crippen LogP contribution is -2.34. The molecule has 2 aromatic heterocycles. The van der Waals surface area contributed by atoms with Gasteiger partial charge in [0, 0.05) is 37.2 Å². The SMILES string of the molecule is CC(=O)NCCNc1nc(-c2ccccc2)nc2[nH]c(C(OC3CCNCC3)C(C)c3ccccc3)cc12. The molecule has 0 radical (unpaired) electrons. The van der Waals surface area contributed by atoms with E-state index in [1.54, 1.807) is 0 Å². The van der Waals surface area contributed by atoms with Crippen molar-refractivity contribution < 1.29 is 9.53 Å². The highest BCUT2D eigenvalue weighted by molar-refractivity contribution is 5.89. The van der Waals surface area contributed by atoms with Crippen LogP contribution in [0.3, 0.4) is 0 Å². The van der Waals surface area contributed by atoms with Crippen LogP contribution >= 0.6 is 0 Å². The Kier molecular flexibility index (Phi) is 8.31.